The highest BCUT2D eigenvalue weighted by Crippen LogP contribution is 2.28. The van der Waals surface area contributed by atoms with E-state index in [1.807, 2.05) is 0 Å². The van der Waals surface area contributed by atoms with Gasteiger partial charge in [-0.15, -0.1) is 0 Å². The summed E-state index contributed by atoms with van der Waals surface area (Å²) in [4.78, 5) is 0. The summed E-state index contributed by atoms with van der Waals surface area (Å²) in [7, 11) is 1.79. The third kappa shape index (κ3) is 3.76. The summed E-state index contributed by atoms with van der Waals surface area (Å²) in [5.41, 5.74) is 0. The minimum Gasteiger partial charge on any atom is -0.383 e. The third-order valence-electron chi connectivity index (χ3n) is 3.76. The van der Waals surface area contributed by atoms with Gasteiger partial charge in [-0.25, -0.2) is 0 Å². The summed E-state index contributed by atoms with van der Waals surface area (Å²) in [6, 6.07) is 1.25. The minimum absolute atomic E-state index is 0.521. The van der Waals surface area contributed by atoms with Gasteiger partial charge in [0.15, 0.2) is 0 Å². The third-order valence-corrected chi connectivity index (χ3v) is 3.76. The Morgan fingerprint density at radius 3 is 2.60 bits per heavy atom. The topological polar surface area (TPSA) is 21.3 Å². The number of ether oxygens (including phenoxy) is 1. The molecule has 0 saturated heterocycles. The molecule has 2 heteroatoms. The van der Waals surface area contributed by atoms with E-state index in [-0.39, 0.29) is 0 Å². The first-order valence-electron chi connectivity index (χ1n) is 6.44. The standard InChI is InChI=1S/C13H27NO/c1-5-11-7-6-8-12(11)14-13(9-15-4)10(2)3/h10-14H,5-9H2,1-4H3. The summed E-state index contributed by atoms with van der Waals surface area (Å²) < 4.78 is 5.28. The quantitative estimate of drug-likeness (QED) is 0.732. The molecule has 1 aliphatic rings. The maximum absolute atomic E-state index is 5.28. The first-order valence-corrected chi connectivity index (χ1v) is 6.44. The predicted octanol–water partition coefficient (Wildman–Crippen LogP) is 2.83. The number of hydrogen-bond donors (Lipinski definition) is 1. The Kier molecular flexibility index (Phi) is 5.62. The van der Waals surface area contributed by atoms with Crippen molar-refractivity contribution >= 4 is 0 Å². The molecule has 0 radical (unpaired) electrons. The van der Waals surface area contributed by atoms with Gasteiger partial charge in [0.05, 0.1) is 6.61 Å². The lowest BCUT2D eigenvalue weighted by atomic mass is 9.97. The Morgan fingerprint density at radius 2 is 2.07 bits per heavy atom. The van der Waals surface area contributed by atoms with Gasteiger partial charge >= 0.3 is 0 Å². The Bertz CT molecular complexity index is 170. The Balaban J connectivity index is 2.42. The molecule has 0 spiro atoms. The molecule has 1 aliphatic carbocycles. The lowest BCUT2D eigenvalue weighted by Gasteiger charge is -2.28. The zero-order valence-corrected chi connectivity index (χ0v) is 10.8. The van der Waals surface area contributed by atoms with E-state index in [0.29, 0.717) is 12.0 Å². The van der Waals surface area contributed by atoms with E-state index in [2.05, 4.69) is 26.1 Å². The van der Waals surface area contributed by atoms with E-state index in [4.69, 9.17) is 4.74 Å². The highest BCUT2D eigenvalue weighted by molar-refractivity contribution is 4.86. The Hall–Kier alpha value is -0.0800. The van der Waals surface area contributed by atoms with Crippen molar-refractivity contribution in [3.63, 3.8) is 0 Å². The molecule has 15 heavy (non-hydrogen) atoms. The minimum atomic E-state index is 0.521. The molecular formula is C13H27NO. The van der Waals surface area contributed by atoms with Gasteiger partial charge in [0.25, 0.3) is 0 Å². The Morgan fingerprint density at radius 1 is 1.33 bits per heavy atom. The molecule has 1 rings (SSSR count). The van der Waals surface area contributed by atoms with Crippen molar-refractivity contribution in [2.45, 2.75) is 58.5 Å². The average Bonchev–Trinajstić information content (AvgIpc) is 2.64. The molecule has 0 heterocycles. The van der Waals surface area contributed by atoms with Gasteiger partial charge in [-0.2, -0.15) is 0 Å². The highest BCUT2D eigenvalue weighted by Gasteiger charge is 2.28. The maximum atomic E-state index is 5.28. The van der Waals surface area contributed by atoms with Crippen LogP contribution in [0.2, 0.25) is 0 Å². The van der Waals surface area contributed by atoms with Crippen molar-refractivity contribution in [2.24, 2.45) is 11.8 Å². The molecule has 0 aromatic heterocycles. The van der Waals surface area contributed by atoms with Gasteiger partial charge in [-0.1, -0.05) is 33.6 Å². The smallest absolute Gasteiger partial charge is 0.0618 e. The molecule has 3 atom stereocenters. The van der Waals surface area contributed by atoms with Gasteiger partial charge in [0.2, 0.25) is 0 Å². The van der Waals surface area contributed by atoms with Crippen LogP contribution < -0.4 is 5.32 Å². The second-order valence-electron chi connectivity index (χ2n) is 5.18. The monoisotopic (exact) mass is 213 g/mol. The SMILES string of the molecule is CCC1CCCC1NC(COC)C(C)C. The summed E-state index contributed by atoms with van der Waals surface area (Å²) in [5.74, 6) is 1.55. The van der Waals surface area contributed by atoms with Crippen LogP contribution in [-0.4, -0.2) is 25.8 Å². The van der Waals surface area contributed by atoms with Crippen LogP contribution in [0.5, 0.6) is 0 Å². The van der Waals surface area contributed by atoms with Crippen LogP contribution in [0.4, 0.5) is 0 Å². The van der Waals surface area contributed by atoms with E-state index < -0.39 is 0 Å². The highest BCUT2D eigenvalue weighted by atomic mass is 16.5. The number of hydrogen-bond acceptors (Lipinski definition) is 2. The van der Waals surface area contributed by atoms with Crippen molar-refractivity contribution in [1.82, 2.24) is 5.32 Å². The van der Waals surface area contributed by atoms with Gasteiger partial charge < -0.3 is 10.1 Å². The normalized spacial score (nSPS) is 28.6. The Labute approximate surface area is 94.8 Å². The van der Waals surface area contributed by atoms with Crippen molar-refractivity contribution in [3.8, 4) is 0 Å². The number of nitrogens with one attached hydrogen (secondary N) is 1. The molecule has 1 saturated carbocycles. The van der Waals surface area contributed by atoms with Crippen LogP contribution in [0.3, 0.4) is 0 Å². The van der Waals surface area contributed by atoms with Crippen LogP contribution in [0.1, 0.15) is 46.5 Å². The van der Waals surface area contributed by atoms with Crippen LogP contribution >= 0.6 is 0 Å². The first-order chi connectivity index (χ1) is 7.19. The van der Waals surface area contributed by atoms with Gasteiger partial charge in [-0.3, -0.25) is 0 Å². The molecule has 1 N–H and O–H groups in total. The van der Waals surface area contributed by atoms with Crippen molar-refractivity contribution in [3.05, 3.63) is 0 Å². The fourth-order valence-corrected chi connectivity index (χ4v) is 2.63. The van der Waals surface area contributed by atoms with Gasteiger partial charge in [-0.05, 0) is 24.7 Å². The van der Waals surface area contributed by atoms with E-state index in [1.165, 1.54) is 25.7 Å². The van der Waals surface area contributed by atoms with E-state index >= 15 is 0 Å². The van der Waals surface area contributed by atoms with Crippen LogP contribution in [-0.2, 0) is 4.74 Å². The number of methoxy groups -OCH3 is 1. The molecule has 0 amide bonds. The molecule has 0 aromatic carbocycles. The lowest BCUT2D eigenvalue weighted by molar-refractivity contribution is 0.135. The summed E-state index contributed by atoms with van der Waals surface area (Å²) in [6.45, 7) is 7.69. The van der Waals surface area contributed by atoms with E-state index in [9.17, 15) is 0 Å². The van der Waals surface area contributed by atoms with Gasteiger partial charge in [0.1, 0.15) is 0 Å². The lowest BCUT2D eigenvalue weighted by Crippen LogP contribution is -2.45. The molecule has 1 fully saturated rings. The molecule has 0 aromatic rings. The average molecular weight is 213 g/mol. The molecule has 0 bridgehead atoms. The van der Waals surface area contributed by atoms with Crippen molar-refractivity contribution in [2.75, 3.05) is 13.7 Å². The largest absolute Gasteiger partial charge is 0.383 e. The second-order valence-corrected chi connectivity index (χ2v) is 5.18. The van der Waals surface area contributed by atoms with Crippen LogP contribution in [0, 0.1) is 11.8 Å². The number of rotatable bonds is 6. The zero-order chi connectivity index (χ0) is 11.3. The predicted molar refractivity (Wildman–Crippen MR) is 65.1 cm³/mol. The molecule has 2 nitrogen and oxygen atoms in total. The first kappa shape index (κ1) is 13.0. The fourth-order valence-electron chi connectivity index (χ4n) is 2.63. The van der Waals surface area contributed by atoms with E-state index in [0.717, 1.165) is 18.6 Å². The van der Waals surface area contributed by atoms with Crippen molar-refractivity contribution in [1.29, 1.82) is 0 Å². The maximum Gasteiger partial charge on any atom is 0.0618 e. The molecular weight excluding hydrogens is 186 g/mol. The fraction of sp³-hybridized carbons (Fsp3) is 1.00. The summed E-state index contributed by atoms with van der Waals surface area (Å²) in [5, 5.41) is 3.79. The zero-order valence-electron chi connectivity index (χ0n) is 10.8. The second kappa shape index (κ2) is 6.49. The molecule has 3 unspecified atom stereocenters. The summed E-state index contributed by atoms with van der Waals surface area (Å²) >= 11 is 0. The molecule has 90 valence electrons. The van der Waals surface area contributed by atoms with Gasteiger partial charge in [0, 0.05) is 19.2 Å². The summed E-state index contributed by atoms with van der Waals surface area (Å²) in [6.07, 6.45) is 5.47. The van der Waals surface area contributed by atoms with Crippen LogP contribution in [0.25, 0.3) is 0 Å². The van der Waals surface area contributed by atoms with E-state index in [1.54, 1.807) is 7.11 Å². The van der Waals surface area contributed by atoms with Crippen molar-refractivity contribution < 1.29 is 4.74 Å². The molecule has 0 aliphatic heterocycles. The van der Waals surface area contributed by atoms with Crippen LogP contribution in [0.15, 0.2) is 0 Å².